The van der Waals surface area contributed by atoms with Crippen molar-refractivity contribution in [3.05, 3.63) is 84.0 Å². The predicted molar refractivity (Wildman–Crippen MR) is 271 cm³/mol. The second kappa shape index (κ2) is 42.6. The van der Waals surface area contributed by atoms with Crippen molar-refractivity contribution >= 4 is 22.8 Å². The summed E-state index contributed by atoms with van der Waals surface area (Å²) >= 11 is 0. The first-order valence-electron chi connectivity index (χ1n) is 25.8. The average Bonchev–Trinajstić information content (AvgIpc) is 3.27. The van der Waals surface area contributed by atoms with Gasteiger partial charge in [-0.15, -0.1) is 0 Å². The molecule has 2 nitrogen and oxygen atoms in total. The Morgan fingerprint density at radius 3 is 1.25 bits per heavy atom. The van der Waals surface area contributed by atoms with Crippen molar-refractivity contribution in [2.24, 2.45) is 9.98 Å². The molecule has 0 atom stereocenters. The third-order valence-electron chi connectivity index (χ3n) is 11.8. The summed E-state index contributed by atoms with van der Waals surface area (Å²) < 4.78 is 0. The van der Waals surface area contributed by atoms with Crippen LogP contribution in [0.15, 0.2) is 82.8 Å². The van der Waals surface area contributed by atoms with E-state index in [-0.39, 0.29) is 16.5 Å². The Kier molecular flexibility index (Phi) is 39.3. The standard InChI is InChI=1S/C58H92N2.Ni/c1-5-9-13-16-18-20-22-24-26-28-30-32-34-36-38-45-53-47-41-43-50-55(53)59-57(49-12-8-4)58(52-40-15-11-7-3)60-56-51-44-42-48-54(56)46-39-37-35-33-31-29-27-25-23-21-19-17-14-10-6-2;/h32-35,41-44,47-48,50-51H,5-31,36-39,45-46,49H2,1-4H3;. The normalized spacial score (nSPS) is 12.0. The number of rotatable bonds is 38. The fourth-order valence-electron chi connectivity index (χ4n) is 7.87. The van der Waals surface area contributed by atoms with Gasteiger partial charge < -0.3 is 0 Å². The van der Waals surface area contributed by atoms with Crippen LogP contribution in [0.2, 0.25) is 0 Å². The molecule has 2 aromatic rings. The number of hydrogen-bond donors (Lipinski definition) is 0. The summed E-state index contributed by atoms with van der Waals surface area (Å²) in [5, 5.41) is 0. The molecule has 344 valence electrons. The molecule has 0 spiro atoms. The summed E-state index contributed by atoms with van der Waals surface area (Å²) in [6.45, 7) is 9.10. The number of para-hydroxylation sites is 2. The van der Waals surface area contributed by atoms with E-state index in [9.17, 15) is 0 Å². The van der Waals surface area contributed by atoms with Crippen LogP contribution in [0.3, 0.4) is 0 Å². The molecular formula is C58H92N2Ni. The molecule has 2 rings (SSSR count). The Bertz CT molecular complexity index is 1490. The average molecular weight is 876 g/mol. The van der Waals surface area contributed by atoms with Crippen molar-refractivity contribution in [3.63, 3.8) is 0 Å². The van der Waals surface area contributed by atoms with E-state index in [0.29, 0.717) is 0 Å². The van der Waals surface area contributed by atoms with E-state index >= 15 is 0 Å². The Labute approximate surface area is 389 Å². The van der Waals surface area contributed by atoms with Gasteiger partial charge >= 0.3 is 0 Å². The zero-order valence-electron chi connectivity index (χ0n) is 40.2. The summed E-state index contributed by atoms with van der Waals surface area (Å²) in [5.74, 6) is 7.04. The van der Waals surface area contributed by atoms with Crippen LogP contribution < -0.4 is 0 Å². The zero-order chi connectivity index (χ0) is 42.8. The van der Waals surface area contributed by atoms with Crippen molar-refractivity contribution in [1.82, 2.24) is 0 Å². The van der Waals surface area contributed by atoms with Crippen molar-refractivity contribution in [1.29, 1.82) is 0 Å². The van der Waals surface area contributed by atoms with Gasteiger partial charge in [0.1, 0.15) is 5.71 Å². The second-order valence-electron chi connectivity index (χ2n) is 17.5. The van der Waals surface area contributed by atoms with Crippen LogP contribution in [0, 0.1) is 11.8 Å². The summed E-state index contributed by atoms with van der Waals surface area (Å²) in [6, 6.07) is 17.5. The molecule has 0 aliphatic heterocycles. The summed E-state index contributed by atoms with van der Waals surface area (Å²) in [6.07, 6.45) is 52.9. The fourth-order valence-corrected chi connectivity index (χ4v) is 7.87. The molecule has 0 amide bonds. The smallest absolute Gasteiger partial charge is 0.135 e. The van der Waals surface area contributed by atoms with Gasteiger partial charge in [0.15, 0.2) is 0 Å². The first kappa shape index (κ1) is 56.3. The largest absolute Gasteiger partial charge is 0.250 e. The number of allylic oxidation sites excluding steroid dienone is 4. The van der Waals surface area contributed by atoms with E-state index in [1.165, 1.54) is 152 Å². The summed E-state index contributed by atoms with van der Waals surface area (Å²) in [4.78, 5) is 10.8. The fraction of sp³-hybridized carbons (Fsp3) is 0.655. The molecule has 61 heavy (non-hydrogen) atoms. The van der Waals surface area contributed by atoms with Crippen LogP contribution in [0.5, 0.6) is 0 Å². The third kappa shape index (κ3) is 30.9. The van der Waals surface area contributed by atoms with Gasteiger partial charge in [-0.2, -0.15) is 0 Å². The van der Waals surface area contributed by atoms with E-state index in [1.807, 2.05) is 0 Å². The van der Waals surface area contributed by atoms with Gasteiger partial charge in [0.2, 0.25) is 0 Å². The molecule has 0 bridgehead atoms. The number of aliphatic imine (C=N–C) groups is 2. The van der Waals surface area contributed by atoms with E-state index in [4.69, 9.17) is 9.98 Å². The van der Waals surface area contributed by atoms with Crippen LogP contribution in [-0.2, 0) is 29.3 Å². The van der Waals surface area contributed by atoms with Crippen LogP contribution >= 0.6 is 0 Å². The molecule has 0 aromatic heterocycles. The Morgan fingerprint density at radius 1 is 0.426 bits per heavy atom. The number of hydrogen-bond acceptors (Lipinski definition) is 2. The summed E-state index contributed by atoms with van der Waals surface area (Å²) in [7, 11) is 0. The van der Waals surface area contributed by atoms with Gasteiger partial charge in [0.05, 0.1) is 17.1 Å². The zero-order valence-corrected chi connectivity index (χ0v) is 41.2. The topological polar surface area (TPSA) is 24.7 Å². The molecule has 3 heteroatoms. The molecule has 0 heterocycles. The maximum absolute atomic E-state index is 5.41. The molecule has 0 aliphatic carbocycles. The quantitative estimate of drug-likeness (QED) is 0.0211. The maximum Gasteiger partial charge on any atom is 0.135 e. The first-order chi connectivity index (χ1) is 29.7. The maximum atomic E-state index is 5.41. The molecule has 0 N–H and O–H groups in total. The van der Waals surface area contributed by atoms with Gasteiger partial charge in [0.25, 0.3) is 0 Å². The van der Waals surface area contributed by atoms with E-state index < -0.39 is 0 Å². The molecule has 2 aromatic carbocycles. The summed E-state index contributed by atoms with van der Waals surface area (Å²) in [5.41, 5.74) is 6.66. The molecule has 0 unspecified atom stereocenters. The molecule has 0 saturated carbocycles. The van der Waals surface area contributed by atoms with Gasteiger partial charge in [-0.1, -0.05) is 223 Å². The van der Waals surface area contributed by atoms with Gasteiger partial charge in [0, 0.05) is 22.9 Å². The minimum Gasteiger partial charge on any atom is -0.250 e. The third-order valence-corrected chi connectivity index (χ3v) is 11.8. The number of unbranched alkanes of at least 4 members (excludes halogenated alkanes) is 25. The van der Waals surface area contributed by atoms with E-state index in [1.54, 1.807) is 0 Å². The monoisotopic (exact) mass is 875 g/mol. The Balaban J connectivity index is 0.0000186. The van der Waals surface area contributed by atoms with Crippen LogP contribution in [0.1, 0.15) is 244 Å². The Hall–Kier alpha value is -2.69. The van der Waals surface area contributed by atoms with Gasteiger partial charge in [-0.25, -0.2) is 4.99 Å². The van der Waals surface area contributed by atoms with Crippen molar-refractivity contribution in [3.8, 4) is 11.8 Å². The van der Waals surface area contributed by atoms with Crippen LogP contribution in [0.25, 0.3) is 0 Å². The molecule has 0 fully saturated rings. The second-order valence-corrected chi connectivity index (χ2v) is 17.5. The minimum atomic E-state index is 0. The van der Waals surface area contributed by atoms with Crippen LogP contribution in [0.4, 0.5) is 11.4 Å². The number of aryl methyl sites for hydroxylation is 2. The van der Waals surface area contributed by atoms with Crippen molar-refractivity contribution in [2.75, 3.05) is 0 Å². The molecule has 0 radical (unpaired) electrons. The minimum absolute atomic E-state index is 0. The van der Waals surface area contributed by atoms with Gasteiger partial charge in [-0.3, -0.25) is 4.99 Å². The Morgan fingerprint density at radius 2 is 0.803 bits per heavy atom. The van der Waals surface area contributed by atoms with Gasteiger partial charge in [-0.05, 0) is 113 Å². The van der Waals surface area contributed by atoms with Crippen LogP contribution in [-0.4, -0.2) is 11.4 Å². The number of benzene rings is 2. The van der Waals surface area contributed by atoms with Crippen molar-refractivity contribution < 1.29 is 16.5 Å². The van der Waals surface area contributed by atoms with E-state index in [2.05, 4.69) is 112 Å². The molecular weight excluding hydrogens is 783 g/mol. The van der Waals surface area contributed by atoms with Crippen molar-refractivity contribution in [2.45, 2.75) is 246 Å². The number of nitrogens with zero attached hydrogens (tertiary/aromatic N) is 2. The SMILES string of the molecule is CCCCC#CC(=Nc1ccccc1CCCC=CCCCCCCCCCCCC)C(CCCC)=Nc1ccccc1CCCC=CCCCCCCCCCCCC.[Ni]. The van der Waals surface area contributed by atoms with E-state index in [0.717, 1.165) is 99.8 Å². The first-order valence-corrected chi connectivity index (χ1v) is 25.8. The predicted octanol–water partition coefficient (Wildman–Crippen LogP) is 19.3. The molecule has 0 saturated heterocycles. The molecule has 0 aliphatic rings.